The van der Waals surface area contributed by atoms with Gasteiger partial charge < -0.3 is 11.1 Å². The van der Waals surface area contributed by atoms with E-state index in [1.807, 2.05) is 0 Å². The van der Waals surface area contributed by atoms with Crippen LogP contribution in [0.2, 0.25) is 5.02 Å². The summed E-state index contributed by atoms with van der Waals surface area (Å²) in [6.07, 6.45) is 0.974. The highest BCUT2D eigenvalue weighted by Crippen LogP contribution is 2.19. The van der Waals surface area contributed by atoms with Crippen molar-refractivity contribution in [3.63, 3.8) is 0 Å². The third kappa shape index (κ3) is 4.06. The van der Waals surface area contributed by atoms with Crippen LogP contribution in [0.4, 0.5) is 10.1 Å². The number of rotatable bonds is 5. The molecule has 0 aliphatic rings. The van der Waals surface area contributed by atoms with E-state index in [0.717, 1.165) is 18.7 Å². The summed E-state index contributed by atoms with van der Waals surface area (Å²) in [7, 11) is 0. The van der Waals surface area contributed by atoms with Crippen molar-refractivity contribution in [3.8, 4) is 0 Å². The molecular weight excluding hydrogens is 215 g/mol. The molecule has 2 nitrogen and oxygen atoms in total. The lowest BCUT2D eigenvalue weighted by Gasteiger charge is -2.12. The average molecular weight is 231 g/mol. The van der Waals surface area contributed by atoms with E-state index in [1.165, 1.54) is 6.07 Å². The summed E-state index contributed by atoms with van der Waals surface area (Å²) in [5.74, 6) is 0.107. The zero-order chi connectivity index (χ0) is 11.3. The summed E-state index contributed by atoms with van der Waals surface area (Å²) < 4.78 is 12.8. The number of nitrogens with one attached hydrogen (secondary N) is 1. The third-order valence-electron chi connectivity index (χ3n) is 2.23. The number of anilines is 1. The lowest BCUT2D eigenvalue weighted by atomic mass is 10.1. The molecule has 15 heavy (non-hydrogen) atoms. The first kappa shape index (κ1) is 12.3. The van der Waals surface area contributed by atoms with Gasteiger partial charge in [-0.25, -0.2) is 4.39 Å². The SMILES string of the molecule is CC(CCN)CNc1ccc(F)c(Cl)c1. The second-order valence-corrected chi connectivity index (χ2v) is 4.10. The Labute approximate surface area is 94.6 Å². The van der Waals surface area contributed by atoms with Crippen LogP contribution in [0, 0.1) is 11.7 Å². The molecule has 0 saturated heterocycles. The van der Waals surface area contributed by atoms with Crippen LogP contribution in [0.3, 0.4) is 0 Å². The Morgan fingerprint density at radius 3 is 2.87 bits per heavy atom. The van der Waals surface area contributed by atoms with E-state index in [0.29, 0.717) is 12.5 Å². The van der Waals surface area contributed by atoms with Crippen LogP contribution in [-0.2, 0) is 0 Å². The summed E-state index contributed by atoms with van der Waals surface area (Å²) in [4.78, 5) is 0. The van der Waals surface area contributed by atoms with Gasteiger partial charge in [-0.3, -0.25) is 0 Å². The van der Waals surface area contributed by atoms with E-state index in [1.54, 1.807) is 12.1 Å². The van der Waals surface area contributed by atoms with Crippen LogP contribution >= 0.6 is 11.6 Å². The third-order valence-corrected chi connectivity index (χ3v) is 2.52. The second kappa shape index (κ2) is 5.93. The molecule has 0 amide bonds. The maximum atomic E-state index is 12.8. The van der Waals surface area contributed by atoms with Crippen molar-refractivity contribution in [1.82, 2.24) is 0 Å². The Bertz CT molecular complexity index is 317. The Morgan fingerprint density at radius 1 is 1.53 bits per heavy atom. The molecule has 1 unspecified atom stereocenters. The fraction of sp³-hybridized carbons (Fsp3) is 0.455. The zero-order valence-corrected chi connectivity index (χ0v) is 9.52. The number of hydrogen-bond acceptors (Lipinski definition) is 2. The summed E-state index contributed by atoms with van der Waals surface area (Å²) in [5, 5.41) is 3.34. The molecule has 1 aromatic rings. The quantitative estimate of drug-likeness (QED) is 0.817. The van der Waals surface area contributed by atoms with Crippen molar-refractivity contribution in [2.45, 2.75) is 13.3 Å². The molecule has 84 valence electrons. The zero-order valence-electron chi connectivity index (χ0n) is 8.76. The van der Waals surface area contributed by atoms with Gasteiger partial charge in [-0.05, 0) is 37.1 Å². The molecule has 0 heterocycles. The summed E-state index contributed by atoms with van der Waals surface area (Å²) >= 11 is 5.66. The van der Waals surface area contributed by atoms with E-state index < -0.39 is 5.82 Å². The van der Waals surface area contributed by atoms with E-state index >= 15 is 0 Å². The molecule has 0 aromatic heterocycles. The number of benzene rings is 1. The maximum Gasteiger partial charge on any atom is 0.141 e. The van der Waals surface area contributed by atoms with Crippen LogP contribution in [0.25, 0.3) is 0 Å². The van der Waals surface area contributed by atoms with Gasteiger partial charge >= 0.3 is 0 Å². The van der Waals surface area contributed by atoms with Gasteiger partial charge in [0.25, 0.3) is 0 Å². The van der Waals surface area contributed by atoms with Crippen LogP contribution < -0.4 is 11.1 Å². The van der Waals surface area contributed by atoms with Crippen LogP contribution in [-0.4, -0.2) is 13.1 Å². The lowest BCUT2D eigenvalue weighted by Crippen LogP contribution is -2.15. The van der Waals surface area contributed by atoms with Gasteiger partial charge in [0.15, 0.2) is 0 Å². The lowest BCUT2D eigenvalue weighted by molar-refractivity contribution is 0.568. The van der Waals surface area contributed by atoms with Crippen molar-refractivity contribution in [2.75, 3.05) is 18.4 Å². The predicted octanol–water partition coefficient (Wildman–Crippen LogP) is 2.88. The molecule has 1 aromatic carbocycles. The topological polar surface area (TPSA) is 38.0 Å². The summed E-state index contributed by atoms with van der Waals surface area (Å²) in [6.45, 7) is 3.62. The Hall–Kier alpha value is -0.800. The molecule has 0 bridgehead atoms. The normalized spacial score (nSPS) is 12.5. The first-order valence-electron chi connectivity index (χ1n) is 5.02. The molecule has 0 saturated carbocycles. The standard InChI is InChI=1S/C11H16ClFN2/c1-8(4-5-14)7-15-9-2-3-11(13)10(12)6-9/h2-3,6,8,15H,4-5,7,14H2,1H3. The fourth-order valence-corrected chi connectivity index (χ4v) is 1.47. The minimum absolute atomic E-state index is 0.145. The highest BCUT2D eigenvalue weighted by molar-refractivity contribution is 6.31. The minimum atomic E-state index is -0.391. The van der Waals surface area contributed by atoms with Crippen molar-refractivity contribution in [2.24, 2.45) is 11.7 Å². The molecule has 1 atom stereocenters. The first-order chi connectivity index (χ1) is 7.13. The van der Waals surface area contributed by atoms with Crippen molar-refractivity contribution in [1.29, 1.82) is 0 Å². The molecule has 0 spiro atoms. The smallest absolute Gasteiger partial charge is 0.141 e. The van der Waals surface area contributed by atoms with Crippen molar-refractivity contribution < 1.29 is 4.39 Å². The molecule has 0 aliphatic carbocycles. The molecule has 4 heteroatoms. The molecule has 0 fully saturated rings. The maximum absolute atomic E-state index is 12.8. The van der Waals surface area contributed by atoms with Gasteiger partial charge in [0.1, 0.15) is 5.82 Å². The highest BCUT2D eigenvalue weighted by atomic mass is 35.5. The Kier molecular flexibility index (Phi) is 4.85. The Morgan fingerprint density at radius 2 is 2.27 bits per heavy atom. The number of halogens is 2. The fourth-order valence-electron chi connectivity index (χ4n) is 1.28. The molecule has 3 N–H and O–H groups in total. The van der Waals surface area contributed by atoms with Crippen LogP contribution in [0.1, 0.15) is 13.3 Å². The van der Waals surface area contributed by atoms with Gasteiger partial charge in [0, 0.05) is 12.2 Å². The van der Waals surface area contributed by atoms with Gasteiger partial charge in [0.05, 0.1) is 5.02 Å². The number of nitrogens with two attached hydrogens (primary N) is 1. The van der Waals surface area contributed by atoms with E-state index in [9.17, 15) is 4.39 Å². The van der Waals surface area contributed by atoms with Crippen LogP contribution in [0.5, 0.6) is 0 Å². The molecule has 1 rings (SSSR count). The van der Waals surface area contributed by atoms with E-state index in [2.05, 4.69) is 12.2 Å². The monoisotopic (exact) mass is 230 g/mol. The molecule has 0 radical (unpaired) electrons. The average Bonchev–Trinajstić information content (AvgIpc) is 2.20. The van der Waals surface area contributed by atoms with Gasteiger partial charge in [-0.15, -0.1) is 0 Å². The Balaban J connectivity index is 2.47. The first-order valence-corrected chi connectivity index (χ1v) is 5.40. The molecule has 0 aliphatic heterocycles. The van der Waals surface area contributed by atoms with Gasteiger partial charge in [-0.2, -0.15) is 0 Å². The van der Waals surface area contributed by atoms with Crippen molar-refractivity contribution in [3.05, 3.63) is 29.0 Å². The summed E-state index contributed by atoms with van der Waals surface area (Å²) in [5.41, 5.74) is 6.28. The second-order valence-electron chi connectivity index (χ2n) is 3.69. The van der Waals surface area contributed by atoms with E-state index in [-0.39, 0.29) is 5.02 Å². The van der Waals surface area contributed by atoms with Crippen molar-refractivity contribution >= 4 is 17.3 Å². The highest BCUT2D eigenvalue weighted by Gasteiger charge is 2.03. The minimum Gasteiger partial charge on any atom is -0.385 e. The van der Waals surface area contributed by atoms with E-state index in [4.69, 9.17) is 17.3 Å². The number of hydrogen-bond donors (Lipinski definition) is 2. The summed E-state index contributed by atoms with van der Waals surface area (Å²) in [6, 6.07) is 4.63. The van der Waals surface area contributed by atoms with Gasteiger partial charge in [-0.1, -0.05) is 18.5 Å². The predicted molar refractivity (Wildman–Crippen MR) is 62.7 cm³/mol. The van der Waals surface area contributed by atoms with Gasteiger partial charge in [0.2, 0.25) is 0 Å². The molecular formula is C11H16ClFN2. The van der Waals surface area contributed by atoms with Crippen LogP contribution in [0.15, 0.2) is 18.2 Å². The largest absolute Gasteiger partial charge is 0.385 e.